The summed E-state index contributed by atoms with van der Waals surface area (Å²) in [6.45, 7) is 5.23. The Morgan fingerprint density at radius 3 is 2.51 bits per heavy atom. The number of carbonyl (C=O) groups is 1. The van der Waals surface area contributed by atoms with Gasteiger partial charge < -0.3 is 15.2 Å². The number of amides is 1. The average Bonchev–Trinajstić information content (AvgIpc) is 3.15. The number of carbonyl (C=O) groups excluding carboxylic acids is 1. The number of halogens is 3. The van der Waals surface area contributed by atoms with E-state index in [1.165, 1.54) is 42.9 Å². The van der Waals surface area contributed by atoms with Crippen LogP contribution in [0.1, 0.15) is 47.1 Å². The van der Waals surface area contributed by atoms with Gasteiger partial charge in [-0.25, -0.2) is 9.67 Å². The maximum absolute atomic E-state index is 13.5. The van der Waals surface area contributed by atoms with E-state index >= 15 is 0 Å². The lowest BCUT2D eigenvalue weighted by Gasteiger charge is -2.16. The third kappa shape index (κ3) is 7.22. The van der Waals surface area contributed by atoms with Crippen LogP contribution in [0.3, 0.4) is 0 Å². The zero-order valence-corrected chi connectivity index (χ0v) is 21.5. The van der Waals surface area contributed by atoms with Gasteiger partial charge in [0.2, 0.25) is 11.8 Å². The van der Waals surface area contributed by atoms with E-state index in [1.54, 1.807) is 24.3 Å². The summed E-state index contributed by atoms with van der Waals surface area (Å²) in [7, 11) is 1.49. The van der Waals surface area contributed by atoms with Crippen LogP contribution in [0.25, 0.3) is 0 Å². The summed E-state index contributed by atoms with van der Waals surface area (Å²) in [5.41, 5.74) is -0.182. The number of aromatic nitrogens is 3. The third-order valence-electron chi connectivity index (χ3n) is 5.17. The van der Waals surface area contributed by atoms with Crippen LogP contribution in [0.2, 0.25) is 0 Å². The smallest absolute Gasteiger partial charge is 0.420 e. The second kappa shape index (κ2) is 12.4. The fourth-order valence-corrected chi connectivity index (χ4v) is 3.90. The molecule has 13 heteroatoms. The standard InChI is InChI=1S/C24H28F3N5O4S/c1-14(2)12-32-23(36-22-18(24(25,26)27)6-5-11-28-22)15(3)20(30-32)21(34)29-19(13-33)16-7-9-17(10-8-16)37-31-35-4/h5-11,14,19,31,33H,12-13H2,1-4H3,(H,29,34). The van der Waals surface area contributed by atoms with Crippen LogP contribution in [0.15, 0.2) is 47.5 Å². The van der Waals surface area contributed by atoms with Gasteiger partial charge in [-0.15, -0.1) is 4.89 Å². The first-order valence-electron chi connectivity index (χ1n) is 11.3. The highest BCUT2D eigenvalue weighted by atomic mass is 32.2. The molecule has 1 amide bonds. The van der Waals surface area contributed by atoms with Gasteiger partial charge in [0.25, 0.3) is 5.91 Å². The Balaban J connectivity index is 1.89. The molecule has 3 N–H and O–H groups in total. The van der Waals surface area contributed by atoms with Crippen LogP contribution >= 0.6 is 11.9 Å². The van der Waals surface area contributed by atoms with E-state index in [2.05, 4.69) is 20.3 Å². The summed E-state index contributed by atoms with van der Waals surface area (Å²) < 4.78 is 47.4. The maximum atomic E-state index is 13.5. The Kier molecular flexibility index (Phi) is 9.54. The van der Waals surface area contributed by atoms with E-state index < -0.39 is 29.6 Å². The number of benzene rings is 1. The van der Waals surface area contributed by atoms with Crippen LogP contribution in [0.4, 0.5) is 13.2 Å². The first-order chi connectivity index (χ1) is 17.5. The van der Waals surface area contributed by atoms with Gasteiger partial charge in [-0.3, -0.25) is 9.63 Å². The van der Waals surface area contributed by atoms with E-state index in [1.807, 2.05) is 13.8 Å². The number of ether oxygens (including phenoxy) is 1. The van der Waals surface area contributed by atoms with Crippen LogP contribution < -0.4 is 14.9 Å². The minimum Gasteiger partial charge on any atom is -0.420 e. The predicted octanol–water partition coefficient (Wildman–Crippen LogP) is 4.68. The topological polar surface area (TPSA) is 111 Å². The lowest BCUT2D eigenvalue weighted by molar-refractivity contribution is -0.138. The minimum absolute atomic E-state index is 0.0179. The molecule has 1 aromatic carbocycles. The van der Waals surface area contributed by atoms with Crippen molar-refractivity contribution in [1.29, 1.82) is 0 Å². The van der Waals surface area contributed by atoms with Gasteiger partial charge >= 0.3 is 6.18 Å². The maximum Gasteiger partial charge on any atom is 0.421 e. The van der Waals surface area contributed by atoms with Gasteiger partial charge in [0, 0.05) is 23.2 Å². The first kappa shape index (κ1) is 28.4. The molecule has 9 nitrogen and oxygen atoms in total. The normalized spacial score (nSPS) is 12.6. The number of hydrogen-bond donors (Lipinski definition) is 3. The molecule has 0 radical (unpaired) electrons. The molecule has 1 unspecified atom stereocenters. The van der Waals surface area contributed by atoms with Gasteiger partial charge in [-0.1, -0.05) is 26.0 Å². The Labute approximate surface area is 216 Å². The fourth-order valence-electron chi connectivity index (χ4n) is 3.45. The highest BCUT2D eigenvalue weighted by Gasteiger charge is 2.36. The third-order valence-corrected chi connectivity index (χ3v) is 5.93. The number of nitrogens with zero attached hydrogens (tertiary/aromatic N) is 3. The molecule has 1 atom stereocenters. The number of alkyl halides is 3. The molecule has 0 spiro atoms. The Morgan fingerprint density at radius 1 is 1.22 bits per heavy atom. The number of aliphatic hydroxyl groups is 1. The van der Waals surface area contributed by atoms with Crippen molar-refractivity contribution in [3.8, 4) is 11.8 Å². The Bertz CT molecular complexity index is 1200. The summed E-state index contributed by atoms with van der Waals surface area (Å²) >= 11 is 1.25. The summed E-state index contributed by atoms with van der Waals surface area (Å²) in [5, 5.41) is 17.0. The van der Waals surface area contributed by atoms with Gasteiger partial charge in [0.05, 0.1) is 19.8 Å². The van der Waals surface area contributed by atoms with Crippen molar-refractivity contribution in [3.63, 3.8) is 0 Å². The molecule has 0 fully saturated rings. The van der Waals surface area contributed by atoms with Gasteiger partial charge in [-0.05, 0) is 54.6 Å². The zero-order valence-electron chi connectivity index (χ0n) is 20.7. The lowest BCUT2D eigenvalue weighted by atomic mass is 10.1. The fraction of sp³-hybridized carbons (Fsp3) is 0.375. The van der Waals surface area contributed by atoms with Crippen LogP contribution in [-0.4, -0.2) is 39.5 Å². The molecule has 0 aliphatic carbocycles. The van der Waals surface area contributed by atoms with Crippen molar-refractivity contribution in [2.75, 3.05) is 13.7 Å². The van der Waals surface area contributed by atoms with Crippen LogP contribution in [-0.2, 0) is 17.6 Å². The second-order valence-corrected chi connectivity index (χ2v) is 9.32. The molecule has 0 saturated carbocycles. The quantitative estimate of drug-likeness (QED) is 0.238. The minimum atomic E-state index is -4.68. The lowest BCUT2D eigenvalue weighted by Crippen LogP contribution is -2.31. The van der Waals surface area contributed by atoms with Crippen molar-refractivity contribution in [3.05, 3.63) is 65.0 Å². The van der Waals surface area contributed by atoms with E-state index in [-0.39, 0.29) is 36.2 Å². The van der Waals surface area contributed by atoms with E-state index in [0.29, 0.717) is 5.56 Å². The molecule has 3 rings (SSSR count). The van der Waals surface area contributed by atoms with Crippen molar-refractivity contribution in [2.45, 2.75) is 44.4 Å². The van der Waals surface area contributed by atoms with Gasteiger partial charge in [-0.2, -0.15) is 18.3 Å². The van der Waals surface area contributed by atoms with Crippen molar-refractivity contribution < 1.29 is 32.6 Å². The molecular formula is C24H28F3N5O4S. The molecule has 2 aromatic heterocycles. The monoisotopic (exact) mass is 539 g/mol. The number of pyridine rings is 1. The first-order valence-corrected chi connectivity index (χ1v) is 12.1. The number of aliphatic hydroxyl groups excluding tert-OH is 1. The number of rotatable bonds is 11. The van der Waals surface area contributed by atoms with Gasteiger partial charge in [0.1, 0.15) is 5.56 Å². The second-order valence-electron chi connectivity index (χ2n) is 8.48. The van der Waals surface area contributed by atoms with Crippen molar-refractivity contribution in [2.24, 2.45) is 5.92 Å². The highest BCUT2D eigenvalue weighted by Crippen LogP contribution is 2.37. The largest absolute Gasteiger partial charge is 0.421 e. The molecule has 0 bridgehead atoms. The van der Waals surface area contributed by atoms with Crippen molar-refractivity contribution >= 4 is 17.9 Å². The Hall–Kier alpha value is -3.13. The molecule has 37 heavy (non-hydrogen) atoms. The number of nitrogens with one attached hydrogen (secondary N) is 2. The molecule has 0 aliphatic rings. The summed E-state index contributed by atoms with van der Waals surface area (Å²) in [6, 6.07) is 8.38. The van der Waals surface area contributed by atoms with Crippen LogP contribution in [0.5, 0.6) is 11.8 Å². The average molecular weight is 540 g/mol. The molecule has 2 heterocycles. The predicted molar refractivity (Wildman–Crippen MR) is 131 cm³/mol. The van der Waals surface area contributed by atoms with Crippen molar-refractivity contribution in [1.82, 2.24) is 25.0 Å². The molecule has 200 valence electrons. The summed E-state index contributed by atoms with van der Waals surface area (Å²) in [6.07, 6.45) is -3.49. The van der Waals surface area contributed by atoms with Gasteiger partial charge in [0.15, 0.2) is 5.69 Å². The number of hydrogen-bond acceptors (Lipinski definition) is 8. The van der Waals surface area contributed by atoms with E-state index in [9.17, 15) is 23.1 Å². The van der Waals surface area contributed by atoms with E-state index in [4.69, 9.17) is 9.57 Å². The Morgan fingerprint density at radius 2 is 1.92 bits per heavy atom. The molecule has 3 aromatic rings. The molecule has 0 aliphatic heterocycles. The van der Waals surface area contributed by atoms with E-state index in [0.717, 1.165) is 11.0 Å². The SMILES string of the molecule is CONSc1ccc(C(CO)NC(=O)c2nn(CC(C)C)c(Oc3ncccc3C(F)(F)F)c2C)cc1. The summed E-state index contributed by atoms with van der Waals surface area (Å²) in [4.78, 5) is 25.2. The summed E-state index contributed by atoms with van der Waals surface area (Å²) in [5.74, 6) is -1.21. The molecular weight excluding hydrogens is 511 g/mol. The zero-order chi connectivity index (χ0) is 27.2. The highest BCUT2D eigenvalue weighted by molar-refractivity contribution is 7.97. The molecule has 0 saturated heterocycles. The van der Waals surface area contributed by atoms with Crippen LogP contribution in [0, 0.1) is 12.8 Å².